The standard InChI is InChI=1S/C13H15N3OS/c1-9-6-12(18-8-9)13(17)15-10-3-5-16-11(7-10)2-4-14-16/h2,4,6,8,10H,3,5,7H2,1H3,(H,15,17)/t10-/m1/s1. The molecule has 1 atom stereocenters. The number of hydrogen-bond acceptors (Lipinski definition) is 3. The highest BCUT2D eigenvalue weighted by Gasteiger charge is 2.21. The monoisotopic (exact) mass is 261 g/mol. The summed E-state index contributed by atoms with van der Waals surface area (Å²) >= 11 is 1.50. The van der Waals surface area contributed by atoms with Gasteiger partial charge in [0.1, 0.15) is 0 Å². The number of rotatable bonds is 2. The number of aryl methyl sites for hydroxylation is 2. The van der Waals surface area contributed by atoms with E-state index in [9.17, 15) is 4.79 Å². The van der Waals surface area contributed by atoms with Crippen molar-refractivity contribution in [2.45, 2.75) is 32.4 Å². The molecule has 0 saturated carbocycles. The molecule has 0 spiro atoms. The van der Waals surface area contributed by atoms with E-state index in [0.29, 0.717) is 0 Å². The van der Waals surface area contributed by atoms with E-state index in [1.165, 1.54) is 17.0 Å². The van der Waals surface area contributed by atoms with Crippen LogP contribution in [0.15, 0.2) is 23.7 Å². The first-order valence-electron chi connectivity index (χ1n) is 6.09. The second-order valence-electron chi connectivity index (χ2n) is 4.70. The first kappa shape index (κ1) is 11.5. The lowest BCUT2D eigenvalue weighted by molar-refractivity contribution is 0.0934. The van der Waals surface area contributed by atoms with Crippen LogP contribution in [0.2, 0.25) is 0 Å². The Bertz CT molecular complexity index is 572. The highest BCUT2D eigenvalue weighted by molar-refractivity contribution is 7.12. The first-order chi connectivity index (χ1) is 8.72. The summed E-state index contributed by atoms with van der Waals surface area (Å²) in [5, 5.41) is 9.35. The molecule has 0 aromatic carbocycles. The van der Waals surface area contributed by atoms with Gasteiger partial charge in [0.15, 0.2) is 0 Å². The average molecular weight is 261 g/mol. The predicted molar refractivity (Wildman–Crippen MR) is 70.9 cm³/mol. The normalized spacial score (nSPS) is 18.4. The maximum atomic E-state index is 12.1. The quantitative estimate of drug-likeness (QED) is 0.898. The van der Waals surface area contributed by atoms with E-state index in [-0.39, 0.29) is 11.9 Å². The molecule has 4 nitrogen and oxygen atoms in total. The molecule has 1 aliphatic rings. The zero-order chi connectivity index (χ0) is 12.5. The number of fused-ring (bicyclic) bond motifs is 1. The van der Waals surface area contributed by atoms with E-state index >= 15 is 0 Å². The Morgan fingerprint density at radius 2 is 2.50 bits per heavy atom. The molecule has 94 valence electrons. The minimum atomic E-state index is 0.0473. The number of amides is 1. The fraction of sp³-hybridized carbons (Fsp3) is 0.385. The van der Waals surface area contributed by atoms with E-state index in [1.54, 1.807) is 0 Å². The minimum absolute atomic E-state index is 0.0473. The fourth-order valence-electron chi connectivity index (χ4n) is 2.30. The summed E-state index contributed by atoms with van der Waals surface area (Å²) in [6, 6.07) is 4.19. The molecule has 1 amide bonds. The fourth-order valence-corrected chi connectivity index (χ4v) is 3.10. The van der Waals surface area contributed by atoms with Gasteiger partial charge >= 0.3 is 0 Å². The van der Waals surface area contributed by atoms with Gasteiger partial charge in [-0.3, -0.25) is 9.48 Å². The van der Waals surface area contributed by atoms with Crippen LogP contribution in [0, 0.1) is 6.92 Å². The van der Waals surface area contributed by atoms with E-state index in [0.717, 1.165) is 29.8 Å². The maximum absolute atomic E-state index is 12.1. The van der Waals surface area contributed by atoms with Gasteiger partial charge in [-0.1, -0.05) is 0 Å². The molecule has 1 N–H and O–H groups in total. The lowest BCUT2D eigenvalue weighted by atomic mass is 10.0. The molecule has 2 aromatic heterocycles. The zero-order valence-electron chi connectivity index (χ0n) is 10.2. The van der Waals surface area contributed by atoms with Crippen LogP contribution < -0.4 is 5.32 Å². The molecule has 0 saturated heterocycles. The van der Waals surface area contributed by atoms with Gasteiger partial charge in [-0.15, -0.1) is 11.3 Å². The first-order valence-corrected chi connectivity index (χ1v) is 6.97. The van der Waals surface area contributed by atoms with Crippen molar-refractivity contribution in [1.29, 1.82) is 0 Å². The van der Waals surface area contributed by atoms with Crippen molar-refractivity contribution < 1.29 is 4.79 Å². The number of thiophene rings is 1. The molecular formula is C13H15N3OS. The van der Waals surface area contributed by atoms with Gasteiger partial charge in [0.25, 0.3) is 5.91 Å². The van der Waals surface area contributed by atoms with Gasteiger partial charge in [0.05, 0.1) is 4.88 Å². The van der Waals surface area contributed by atoms with Crippen LogP contribution in [0.5, 0.6) is 0 Å². The SMILES string of the molecule is Cc1csc(C(=O)N[C@@H]2CCn3nccc3C2)c1. The molecule has 0 fully saturated rings. The maximum Gasteiger partial charge on any atom is 0.261 e. The van der Waals surface area contributed by atoms with Gasteiger partial charge in [-0.2, -0.15) is 5.10 Å². The lowest BCUT2D eigenvalue weighted by Gasteiger charge is -2.24. The largest absolute Gasteiger partial charge is 0.348 e. The molecule has 3 rings (SSSR count). The Morgan fingerprint density at radius 3 is 3.28 bits per heavy atom. The Balaban J connectivity index is 1.66. The predicted octanol–water partition coefficient (Wildman–Crippen LogP) is 2.00. The summed E-state index contributed by atoms with van der Waals surface area (Å²) in [6.45, 7) is 2.89. The van der Waals surface area contributed by atoms with Crippen molar-refractivity contribution in [1.82, 2.24) is 15.1 Å². The summed E-state index contributed by atoms with van der Waals surface area (Å²) in [4.78, 5) is 12.9. The number of nitrogens with zero attached hydrogens (tertiary/aromatic N) is 2. The summed E-state index contributed by atoms with van der Waals surface area (Å²) in [5.74, 6) is 0.0473. The van der Waals surface area contributed by atoms with Gasteiger partial charge < -0.3 is 5.32 Å². The topological polar surface area (TPSA) is 46.9 Å². The van der Waals surface area contributed by atoms with E-state index in [2.05, 4.69) is 10.4 Å². The summed E-state index contributed by atoms with van der Waals surface area (Å²) in [5.41, 5.74) is 2.35. The zero-order valence-corrected chi connectivity index (χ0v) is 11.0. The Morgan fingerprint density at radius 1 is 1.61 bits per heavy atom. The molecule has 2 aromatic rings. The molecule has 5 heteroatoms. The molecule has 0 radical (unpaired) electrons. The summed E-state index contributed by atoms with van der Waals surface area (Å²) in [7, 11) is 0. The van der Waals surface area contributed by atoms with Crippen LogP contribution in [-0.4, -0.2) is 21.7 Å². The van der Waals surface area contributed by atoms with Crippen LogP contribution in [0.1, 0.15) is 27.3 Å². The van der Waals surface area contributed by atoms with Crippen molar-refractivity contribution in [3.05, 3.63) is 39.8 Å². The van der Waals surface area contributed by atoms with Gasteiger partial charge in [-0.05, 0) is 36.4 Å². The number of carbonyl (C=O) groups is 1. The number of aromatic nitrogens is 2. The highest BCUT2D eigenvalue weighted by Crippen LogP contribution is 2.17. The van der Waals surface area contributed by atoms with Crippen molar-refractivity contribution in [3.8, 4) is 0 Å². The molecule has 1 aliphatic heterocycles. The summed E-state index contributed by atoms with van der Waals surface area (Å²) in [6.07, 6.45) is 3.64. The minimum Gasteiger partial charge on any atom is -0.348 e. The molecule has 0 unspecified atom stereocenters. The third-order valence-electron chi connectivity index (χ3n) is 3.24. The Hall–Kier alpha value is -1.62. The third-order valence-corrected chi connectivity index (χ3v) is 4.29. The van der Waals surface area contributed by atoms with Crippen LogP contribution in [0.25, 0.3) is 0 Å². The molecular weight excluding hydrogens is 246 g/mol. The van der Waals surface area contributed by atoms with Gasteiger partial charge in [0, 0.05) is 30.9 Å². The molecule has 0 bridgehead atoms. The second kappa shape index (κ2) is 4.57. The smallest absolute Gasteiger partial charge is 0.261 e. The second-order valence-corrected chi connectivity index (χ2v) is 5.61. The van der Waals surface area contributed by atoms with Crippen LogP contribution in [0.4, 0.5) is 0 Å². The van der Waals surface area contributed by atoms with Crippen molar-refractivity contribution in [2.24, 2.45) is 0 Å². The average Bonchev–Trinajstić information content (AvgIpc) is 2.96. The number of hydrogen-bond donors (Lipinski definition) is 1. The Labute approximate surface area is 110 Å². The van der Waals surface area contributed by atoms with Crippen LogP contribution in [0.3, 0.4) is 0 Å². The van der Waals surface area contributed by atoms with Crippen LogP contribution >= 0.6 is 11.3 Å². The number of carbonyl (C=O) groups excluding carboxylic acids is 1. The van der Waals surface area contributed by atoms with Crippen molar-refractivity contribution in [3.63, 3.8) is 0 Å². The van der Waals surface area contributed by atoms with Gasteiger partial charge in [-0.25, -0.2) is 0 Å². The third kappa shape index (κ3) is 2.18. The number of nitrogens with one attached hydrogen (secondary N) is 1. The Kier molecular flexibility index (Phi) is 2.91. The van der Waals surface area contributed by atoms with Crippen LogP contribution in [-0.2, 0) is 13.0 Å². The van der Waals surface area contributed by atoms with Gasteiger partial charge in [0.2, 0.25) is 0 Å². The van der Waals surface area contributed by atoms with E-state index in [4.69, 9.17) is 0 Å². The van der Waals surface area contributed by atoms with E-state index < -0.39 is 0 Å². The molecule has 3 heterocycles. The van der Waals surface area contributed by atoms with Crippen molar-refractivity contribution >= 4 is 17.2 Å². The molecule has 18 heavy (non-hydrogen) atoms. The molecule has 0 aliphatic carbocycles. The van der Waals surface area contributed by atoms with E-state index in [1.807, 2.05) is 35.3 Å². The highest BCUT2D eigenvalue weighted by atomic mass is 32.1. The lowest BCUT2D eigenvalue weighted by Crippen LogP contribution is -2.39. The summed E-state index contributed by atoms with van der Waals surface area (Å²) < 4.78 is 2.01. The van der Waals surface area contributed by atoms with Crippen molar-refractivity contribution in [2.75, 3.05) is 0 Å².